The molecule has 1 aromatic carbocycles. The molecule has 0 unspecified atom stereocenters. The number of nitrogens with zero attached hydrogens (tertiary/aromatic N) is 7. The summed E-state index contributed by atoms with van der Waals surface area (Å²) in [6, 6.07) is 12.7. The van der Waals surface area contributed by atoms with Crippen LogP contribution in [0.4, 0.5) is 5.69 Å². The van der Waals surface area contributed by atoms with Crippen LogP contribution in [0, 0.1) is 6.92 Å². The largest absolute Gasteiger partial charge is 0.378 e. The lowest BCUT2D eigenvalue weighted by atomic mass is 10.1. The lowest BCUT2D eigenvalue weighted by Crippen LogP contribution is -2.36. The fourth-order valence-corrected chi connectivity index (χ4v) is 5.46. The molecule has 1 N–H and O–H groups in total. The molecular formula is C28H34N8O2. The molecular weight excluding hydrogens is 480 g/mol. The summed E-state index contributed by atoms with van der Waals surface area (Å²) in [5.74, 6) is 1.75. The molecule has 1 atom stereocenters. The lowest BCUT2D eigenvalue weighted by molar-refractivity contribution is -0.119. The van der Waals surface area contributed by atoms with Crippen molar-refractivity contribution in [1.29, 1.82) is 0 Å². The molecule has 2 fully saturated rings. The molecule has 0 spiro atoms. The number of benzene rings is 1. The van der Waals surface area contributed by atoms with Crippen LogP contribution >= 0.6 is 0 Å². The van der Waals surface area contributed by atoms with Crippen molar-refractivity contribution >= 4 is 22.8 Å². The van der Waals surface area contributed by atoms with Crippen LogP contribution in [-0.2, 0) is 23.1 Å². The molecule has 0 aliphatic carbocycles. The fraction of sp³-hybridized carbons (Fsp3) is 0.429. The van der Waals surface area contributed by atoms with E-state index in [2.05, 4.69) is 56.9 Å². The lowest BCUT2D eigenvalue weighted by Gasteiger charge is -2.29. The summed E-state index contributed by atoms with van der Waals surface area (Å²) in [7, 11) is 2.03. The summed E-state index contributed by atoms with van der Waals surface area (Å²) in [6.07, 6.45) is 2.92. The number of anilines is 1. The van der Waals surface area contributed by atoms with E-state index in [9.17, 15) is 4.79 Å². The molecule has 10 heteroatoms. The molecule has 5 heterocycles. The zero-order valence-electron chi connectivity index (χ0n) is 22.2. The van der Waals surface area contributed by atoms with Gasteiger partial charge in [0.2, 0.25) is 5.91 Å². The smallest absolute Gasteiger partial charge is 0.217 e. The van der Waals surface area contributed by atoms with Gasteiger partial charge in [-0.15, -0.1) is 0 Å². The first-order chi connectivity index (χ1) is 18.4. The molecule has 0 bridgehead atoms. The predicted molar refractivity (Wildman–Crippen MR) is 146 cm³/mol. The number of aromatic nitrogens is 5. The average molecular weight is 515 g/mol. The van der Waals surface area contributed by atoms with Crippen LogP contribution in [-0.4, -0.2) is 80.6 Å². The van der Waals surface area contributed by atoms with E-state index in [1.54, 1.807) is 6.92 Å². The number of amides is 1. The second kappa shape index (κ2) is 10.2. The molecule has 0 radical (unpaired) electrons. The van der Waals surface area contributed by atoms with Gasteiger partial charge in [-0.1, -0.05) is 23.8 Å². The van der Waals surface area contributed by atoms with Crippen LogP contribution in [0.5, 0.6) is 0 Å². The van der Waals surface area contributed by atoms with Gasteiger partial charge in [0, 0.05) is 64.0 Å². The summed E-state index contributed by atoms with van der Waals surface area (Å²) in [6.45, 7) is 9.13. The molecule has 38 heavy (non-hydrogen) atoms. The molecule has 2 aliphatic heterocycles. The van der Waals surface area contributed by atoms with Crippen molar-refractivity contribution in [2.75, 3.05) is 44.3 Å². The molecule has 2 aliphatic rings. The monoisotopic (exact) mass is 514 g/mol. The van der Waals surface area contributed by atoms with Crippen LogP contribution < -0.4 is 10.2 Å². The van der Waals surface area contributed by atoms with E-state index in [0.717, 1.165) is 72.4 Å². The minimum atomic E-state index is 0.0237. The van der Waals surface area contributed by atoms with Crippen molar-refractivity contribution in [1.82, 2.24) is 34.5 Å². The van der Waals surface area contributed by atoms with Gasteiger partial charge in [-0.2, -0.15) is 5.10 Å². The second-order valence-corrected chi connectivity index (χ2v) is 10.3. The standard InChI is InChI=1S/C28H34N8O2/c1-19-5-4-6-21(15-19)23-8-10-36(32-23)25-16-24(35-11-13-38-14-12-35)27-28(31-25)33(3)26(30-27)18-34-9-7-22(17-34)29-20(2)37/h4-6,8,10,15-16,22H,7,9,11-14,17-18H2,1-3H3,(H,29,37)/t22-/m0/s1. The van der Waals surface area contributed by atoms with E-state index in [0.29, 0.717) is 19.8 Å². The van der Waals surface area contributed by atoms with Gasteiger partial charge in [0.15, 0.2) is 11.5 Å². The number of pyridine rings is 1. The maximum atomic E-state index is 11.5. The maximum absolute atomic E-state index is 11.5. The number of likely N-dealkylation sites (tertiary alicyclic amines) is 1. The van der Waals surface area contributed by atoms with Crippen molar-refractivity contribution in [3.8, 4) is 17.1 Å². The number of imidazole rings is 1. The number of hydrogen-bond donors (Lipinski definition) is 1. The van der Waals surface area contributed by atoms with Crippen LogP contribution in [0.1, 0.15) is 24.7 Å². The SMILES string of the molecule is CC(=O)N[C@H]1CCN(Cc2nc3c(N4CCOCC4)cc(-n4ccc(-c5cccc(C)c5)n4)nc3n2C)C1. The summed E-state index contributed by atoms with van der Waals surface area (Å²) < 4.78 is 9.58. The quantitative estimate of drug-likeness (QED) is 0.423. The number of aryl methyl sites for hydroxylation is 2. The third-order valence-corrected chi connectivity index (χ3v) is 7.42. The number of carbonyl (C=O) groups excluding carboxylic acids is 1. The van der Waals surface area contributed by atoms with Gasteiger partial charge >= 0.3 is 0 Å². The Bertz CT molecular complexity index is 1470. The van der Waals surface area contributed by atoms with Gasteiger partial charge in [-0.25, -0.2) is 14.6 Å². The van der Waals surface area contributed by atoms with Crippen molar-refractivity contribution in [2.24, 2.45) is 7.05 Å². The molecule has 3 aromatic heterocycles. The highest BCUT2D eigenvalue weighted by molar-refractivity contribution is 5.88. The summed E-state index contributed by atoms with van der Waals surface area (Å²) in [5, 5.41) is 7.92. The number of carbonyl (C=O) groups is 1. The molecule has 1 amide bonds. The van der Waals surface area contributed by atoms with Gasteiger partial charge in [0.1, 0.15) is 11.3 Å². The molecule has 2 saturated heterocycles. The highest BCUT2D eigenvalue weighted by Crippen LogP contribution is 2.30. The minimum Gasteiger partial charge on any atom is -0.378 e. The second-order valence-electron chi connectivity index (χ2n) is 10.3. The normalized spacial score (nSPS) is 18.4. The zero-order valence-corrected chi connectivity index (χ0v) is 22.2. The number of ether oxygens (including phenoxy) is 1. The van der Waals surface area contributed by atoms with Crippen LogP contribution in [0.15, 0.2) is 42.6 Å². The zero-order chi connectivity index (χ0) is 26.2. The highest BCUT2D eigenvalue weighted by Gasteiger charge is 2.26. The van der Waals surface area contributed by atoms with Crippen molar-refractivity contribution in [3.05, 3.63) is 54.0 Å². The Hall–Kier alpha value is -3.76. The van der Waals surface area contributed by atoms with Gasteiger partial charge in [-0.3, -0.25) is 9.69 Å². The molecule has 6 rings (SSSR count). The van der Waals surface area contributed by atoms with Crippen molar-refractivity contribution in [2.45, 2.75) is 32.9 Å². The molecule has 198 valence electrons. The molecule has 4 aromatic rings. The van der Waals surface area contributed by atoms with Gasteiger partial charge in [0.25, 0.3) is 0 Å². The average Bonchev–Trinajstić information content (AvgIpc) is 3.64. The number of morpholine rings is 1. The summed E-state index contributed by atoms with van der Waals surface area (Å²) in [4.78, 5) is 26.3. The third-order valence-electron chi connectivity index (χ3n) is 7.42. The Morgan fingerprint density at radius 2 is 1.97 bits per heavy atom. The Morgan fingerprint density at radius 1 is 1.13 bits per heavy atom. The van der Waals surface area contributed by atoms with Gasteiger partial charge in [0.05, 0.1) is 31.1 Å². The predicted octanol–water partition coefficient (Wildman–Crippen LogP) is 2.68. The molecule has 0 saturated carbocycles. The maximum Gasteiger partial charge on any atom is 0.217 e. The number of fused-ring (bicyclic) bond motifs is 1. The van der Waals surface area contributed by atoms with Crippen LogP contribution in [0.25, 0.3) is 28.2 Å². The third kappa shape index (κ3) is 4.89. The van der Waals surface area contributed by atoms with E-state index in [4.69, 9.17) is 19.8 Å². The van der Waals surface area contributed by atoms with Crippen molar-refractivity contribution < 1.29 is 9.53 Å². The Kier molecular flexibility index (Phi) is 6.59. The van der Waals surface area contributed by atoms with E-state index in [-0.39, 0.29) is 11.9 Å². The van der Waals surface area contributed by atoms with E-state index < -0.39 is 0 Å². The number of rotatable bonds is 6. The van der Waals surface area contributed by atoms with Gasteiger partial charge in [-0.05, 0) is 25.5 Å². The molecule has 10 nitrogen and oxygen atoms in total. The topological polar surface area (TPSA) is 93.3 Å². The van der Waals surface area contributed by atoms with Crippen LogP contribution in [0.2, 0.25) is 0 Å². The first kappa shape index (κ1) is 24.6. The van der Waals surface area contributed by atoms with Crippen molar-refractivity contribution in [3.63, 3.8) is 0 Å². The Balaban J connectivity index is 1.36. The number of nitrogens with one attached hydrogen (secondary N) is 1. The minimum absolute atomic E-state index is 0.0237. The van der Waals surface area contributed by atoms with E-state index >= 15 is 0 Å². The summed E-state index contributed by atoms with van der Waals surface area (Å²) in [5.41, 5.74) is 6.00. The number of hydrogen-bond acceptors (Lipinski definition) is 7. The Morgan fingerprint density at radius 3 is 2.76 bits per heavy atom. The first-order valence-electron chi connectivity index (χ1n) is 13.3. The van der Waals surface area contributed by atoms with E-state index in [1.807, 2.05) is 24.0 Å². The fourth-order valence-electron chi connectivity index (χ4n) is 5.46. The summed E-state index contributed by atoms with van der Waals surface area (Å²) >= 11 is 0. The highest BCUT2D eigenvalue weighted by atomic mass is 16.5. The Labute approximate surface area is 222 Å². The van der Waals surface area contributed by atoms with E-state index in [1.165, 1.54) is 5.56 Å². The van der Waals surface area contributed by atoms with Crippen LogP contribution in [0.3, 0.4) is 0 Å². The first-order valence-corrected chi connectivity index (χ1v) is 13.3. The van der Waals surface area contributed by atoms with Gasteiger partial charge < -0.3 is 19.5 Å².